The largest absolute Gasteiger partial charge is 0.506 e. The van der Waals surface area contributed by atoms with Gasteiger partial charge in [0.2, 0.25) is 0 Å². The van der Waals surface area contributed by atoms with Crippen LogP contribution in [0.3, 0.4) is 0 Å². The fourth-order valence-corrected chi connectivity index (χ4v) is 1.24. The second-order valence-electron chi connectivity index (χ2n) is 2.70. The molecule has 1 aromatic rings. The average molecular weight is 214 g/mol. The fraction of sp³-hybridized carbons (Fsp3) is 0.222. The molecule has 0 saturated heterocycles. The van der Waals surface area contributed by atoms with E-state index < -0.39 is 12.2 Å². The van der Waals surface area contributed by atoms with Crippen molar-refractivity contribution >= 4 is 11.6 Å². The van der Waals surface area contributed by atoms with Crippen LogP contribution in [0.2, 0.25) is 5.02 Å². The number of benzene rings is 1. The lowest BCUT2D eigenvalue weighted by atomic mass is 10.0. The molecule has 4 nitrogen and oxygen atoms in total. The van der Waals surface area contributed by atoms with Gasteiger partial charge in [-0.3, -0.25) is 0 Å². The predicted octanol–water partition coefficient (Wildman–Crippen LogP) is 0.963. The van der Waals surface area contributed by atoms with Gasteiger partial charge < -0.3 is 15.3 Å². The Hall–Kier alpha value is -1.28. The molecule has 0 heterocycles. The Bertz CT molecular complexity index is 375. The Morgan fingerprint density at radius 3 is 2.57 bits per heavy atom. The van der Waals surface area contributed by atoms with E-state index >= 15 is 0 Å². The Kier molecular flexibility index (Phi) is 3.31. The lowest BCUT2D eigenvalue weighted by molar-refractivity contribution is 0.0527. The van der Waals surface area contributed by atoms with Gasteiger partial charge in [0, 0.05) is 5.56 Å². The molecule has 0 aliphatic rings. The normalized spacial score (nSPS) is 14.4. The maximum absolute atomic E-state index is 9.43. The standard InChI is InChI=1S/C9H8ClNO3/c10-8-5(2-1-3-6(8)12)9(14)7(13)4-11/h1-3,7,9,12-14H. The zero-order chi connectivity index (χ0) is 10.7. The summed E-state index contributed by atoms with van der Waals surface area (Å²) in [5, 5.41) is 36.0. The van der Waals surface area contributed by atoms with Gasteiger partial charge in [-0.05, 0) is 6.07 Å². The van der Waals surface area contributed by atoms with Crippen molar-refractivity contribution in [2.45, 2.75) is 12.2 Å². The SMILES string of the molecule is N#CC(O)C(O)c1cccc(O)c1Cl. The summed E-state index contributed by atoms with van der Waals surface area (Å²) in [6.07, 6.45) is -2.98. The van der Waals surface area contributed by atoms with E-state index in [2.05, 4.69) is 0 Å². The third-order valence-electron chi connectivity index (χ3n) is 1.76. The van der Waals surface area contributed by atoms with E-state index in [1.165, 1.54) is 24.3 Å². The van der Waals surface area contributed by atoms with Crippen LogP contribution in [0.15, 0.2) is 18.2 Å². The molecule has 1 aromatic carbocycles. The number of rotatable bonds is 2. The van der Waals surface area contributed by atoms with Crippen molar-refractivity contribution in [1.29, 1.82) is 5.26 Å². The Morgan fingerprint density at radius 1 is 1.36 bits per heavy atom. The minimum atomic E-state index is -1.56. The van der Waals surface area contributed by atoms with Crippen LogP contribution < -0.4 is 0 Å². The van der Waals surface area contributed by atoms with Crippen LogP contribution in [0.5, 0.6) is 5.75 Å². The maximum atomic E-state index is 9.43. The molecule has 14 heavy (non-hydrogen) atoms. The minimum absolute atomic E-state index is 0.0608. The van der Waals surface area contributed by atoms with Gasteiger partial charge in [0.1, 0.15) is 11.9 Å². The van der Waals surface area contributed by atoms with E-state index in [1.807, 2.05) is 0 Å². The minimum Gasteiger partial charge on any atom is -0.506 e. The lowest BCUT2D eigenvalue weighted by Crippen LogP contribution is -2.16. The highest BCUT2D eigenvalue weighted by Crippen LogP contribution is 2.31. The molecule has 0 spiro atoms. The van der Waals surface area contributed by atoms with Gasteiger partial charge in [-0.1, -0.05) is 23.7 Å². The maximum Gasteiger partial charge on any atom is 0.170 e. The zero-order valence-electron chi connectivity index (χ0n) is 7.05. The van der Waals surface area contributed by atoms with E-state index in [9.17, 15) is 10.2 Å². The molecule has 2 atom stereocenters. The second kappa shape index (κ2) is 4.29. The Morgan fingerprint density at radius 2 is 2.00 bits per heavy atom. The third kappa shape index (κ3) is 1.96. The highest BCUT2D eigenvalue weighted by Gasteiger charge is 2.21. The van der Waals surface area contributed by atoms with E-state index in [4.69, 9.17) is 22.0 Å². The topological polar surface area (TPSA) is 84.5 Å². The van der Waals surface area contributed by atoms with Crippen LogP contribution in [0.25, 0.3) is 0 Å². The fourth-order valence-electron chi connectivity index (χ4n) is 1.01. The van der Waals surface area contributed by atoms with Crippen molar-refractivity contribution in [2.75, 3.05) is 0 Å². The first-order valence-electron chi connectivity index (χ1n) is 3.81. The molecule has 2 unspecified atom stereocenters. The summed E-state index contributed by atoms with van der Waals surface area (Å²) in [7, 11) is 0. The molecule has 3 N–H and O–H groups in total. The first kappa shape index (κ1) is 10.8. The van der Waals surface area contributed by atoms with Gasteiger partial charge in [0.05, 0.1) is 11.1 Å². The number of aromatic hydroxyl groups is 1. The first-order valence-corrected chi connectivity index (χ1v) is 4.19. The van der Waals surface area contributed by atoms with Crippen LogP contribution in [-0.2, 0) is 0 Å². The number of hydrogen-bond acceptors (Lipinski definition) is 4. The van der Waals surface area contributed by atoms with E-state index in [0.29, 0.717) is 0 Å². The summed E-state index contributed by atoms with van der Waals surface area (Å²) in [5.41, 5.74) is 0.126. The van der Waals surface area contributed by atoms with Gasteiger partial charge >= 0.3 is 0 Å². The van der Waals surface area contributed by atoms with Gasteiger partial charge in [0.25, 0.3) is 0 Å². The molecule has 0 aliphatic carbocycles. The monoisotopic (exact) mass is 213 g/mol. The van der Waals surface area contributed by atoms with Crippen LogP contribution >= 0.6 is 11.6 Å². The van der Waals surface area contributed by atoms with Crippen LogP contribution in [0.4, 0.5) is 0 Å². The van der Waals surface area contributed by atoms with Gasteiger partial charge in [0.15, 0.2) is 6.10 Å². The van der Waals surface area contributed by atoms with Crippen LogP contribution in [0, 0.1) is 11.3 Å². The van der Waals surface area contributed by atoms with E-state index in [1.54, 1.807) is 0 Å². The van der Waals surface area contributed by atoms with Crippen molar-refractivity contribution < 1.29 is 15.3 Å². The molecular weight excluding hydrogens is 206 g/mol. The molecule has 74 valence electrons. The summed E-state index contributed by atoms with van der Waals surface area (Å²) in [6.45, 7) is 0. The van der Waals surface area contributed by atoms with Crippen molar-refractivity contribution in [1.82, 2.24) is 0 Å². The summed E-state index contributed by atoms with van der Waals surface area (Å²) in [5.74, 6) is -0.201. The molecule has 0 amide bonds. The third-order valence-corrected chi connectivity index (χ3v) is 2.17. The van der Waals surface area contributed by atoms with Crippen LogP contribution in [-0.4, -0.2) is 21.4 Å². The molecule has 1 rings (SSSR count). The van der Waals surface area contributed by atoms with E-state index in [0.717, 1.165) is 0 Å². The van der Waals surface area contributed by atoms with Crippen molar-refractivity contribution in [3.05, 3.63) is 28.8 Å². The predicted molar refractivity (Wildman–Crippen MR) is 49.7 cm³/mol. The molecular formula is C9H8ClNO3. The number of nitrogens with zero attached hydrogens (tertiary/aromatic N) is 1. The van der Waals surface area contributed by atoms with Gasteiger partial charge in [-0.15, -0.1) is 0 Å². The summed E-state index contributed by atoms with van der Waals surface area (Å²) in [4.78, 5) is 0. The molecule has 5 heteroatoms. The quantitative estimate of drug-likeness (QED) is 0.639. The van der Waals surface area contributed by atoms with Crippen molar-refractivity contribution in [3.8, 4) is 11.8 Å². The molecule has 0 bridgehead atoms. The molecule has 0 saturated carbocycles. The first-order chi connectivity index (χ1) is 6.57. The van der Waals surface area contributed by atoms with Crippen molar-refractivity contribution in [2.24, 2.45) is 0 Å². The van der Waals surface area contributed by atoms with E-state index in [-0.39, 0.29) is 16.3 Å². The average Bonchev–Trinajstić information content (AvgIpc) is 2.20. The zero-order valence-corrected chi connectivity index (χ0v) is 7.81. The Labute approximate surface area is 85.6 Å². The number of halogens is 1. The number of aliphatic hydroxyl groups excluding tert-OH is 2. The summed E-state index contributed by atoms with van der Waals surface area (Å²) >= 11 is 5.66. The number of phenols is 1. The molecule has 0 fully saturated rings. The number of nitriles is 1. The molecule has 0 aliphatic heterocycles. The number of hydrogen-bond donors (Lipinski definition) is 3. The van der Waals surface area contributed by atoms with Crippen LogP contribution in [0.1, 0.15) is 11.7 Å². The highest BCUT2D eigenvalue weighted by molar-refractivity contribution is 6.32. The second-order valence-corrected chi connectivity index (χ2v) is 3.08. The number of aliphatic hydroxyl groups is 2. The smallest absolute Gasteiger partial charge is 0.170 e. The lowest BCUT2D eigenvalue weighted by Gasteiger charge is -2.13. The van der Waals surface area contributed by atoms with Crippen molar-refractivity contribution in [3.63, 3.8) is 0 Å². The molecule has 0 radical (unpaired) electrons. The summed E-state index contributed by atoms with van der Waals surface area (Å²) in [6, 6.07) is 5.71. The van der Waals surface area contributed by atoms with Gasteiger partial charge in [-0.25, -0.2) is 0 Å². The summed E-state index contributed by atoms with van der Waals surface area (Å²) < 4.78 is 0. The Balaban J connectivity index is 3.08. The van der Waals surface area contributed by atoms with Gasteiger partial charge in [-0.2, -0.15) is 5.26 Å². The highest BCUT2D eigenvalue weighted by atomic mass is 35.5. The molecule has 0 aromatic heterocycles. The number of phenolic OH excluding ortho intramolecular Hbond substituents is 1.